The van der Waals surface area contributed by atoms with E-state index in [1.807, 2.05) is 32.0 Å². The van der Waals surface area contributed by atoms with Crippen molar-refractivity contribution < 1.29 is 9.90 Å². The number of anilines is 1. The number of carbonyl (C=O) groups is 1. The number of nitrogens with one attached hydrogen (secondary N) is 1. The number of rotatable bonds is 3. The second kappa shape index (κ2) is 4.91. The lowest BCUT2D eigenvalue weighted by atomic mass is 10.1. The van der Waals surface area contributed by atoms with Crippen LogP contribution in [0.5, 0.6) is 0 Å². The second-order valence-electron chi connectivity index (χ2n) is 3.56. The lowest BCUT2D eigenvalue weighted by Gasteiger charge is -2.11. The van der Waals surface area contributed by atoms with Crippen molar-refractivity contribution in [2.45, 2.75) is 20.0 Å². The van der Waals surface area contributed by atoms with Crippen molar-refractivity contribution >= 4 is 11.6 Å². The van der Waals surface area contributed by atoms with Gasteiger partial charge in [-0.1, -0.05) is 12.1 Å². The van der Waals surface area contributed by atoms with Crippen LogP contribution in [-0.2, 0) is 4.79 Å². The number of benzene rings is 1. The molecule has 1 amide bonds. The van der Waals surface area contributed by atoms with Crippen molar-refractivity contribution in [1.82, 2.24) is 0 Å². The van der Waals surface area contributed by atoms with Gasteiger partial charge in [0.25, 0.3) is 5.91 Å². The molecule has 4 nitrogen and oxygen atoms in total. The van der Waals surface area contributed by atoms with E-state index in [-0.39, 0.29) is 6.54 Å². The zero-order valence-electron chi connectivity index (χ0n) is 8.95. The van der Waals surface area contributed by atoms with Gasteiger partial charge in [0.2, 0.25) is 0 Å². The van der Waals surface area contributed by atoms with E-state index >= 15 is 0 Å². The Kier molecular flexibility index (Phi) is 3.82. The summed E-state index contributed by atoms with van der Waals surface area (Å²) in [6.07, 6.45) is -1.15. The Morgan fingerprint density at radius 2 is 2.20 bits per heavy atom. The highest BCUT2D eigenvalue weighted by Crippen LogP contribution is 2.16. The Morgan fingerprint density at radius 3 is 2.80 bits per heavy atom. The molecule has 0 aromatic heterocycles. The molecular weight excluding hydrogens is 192 g/mol. The summed E-state index contributed by atoms with van der Waals surface area (Å²) in [4.78, 5) is 11.4. The van der Waals surface area contributed by atoms with Gasteiger partial charge in [0.1, 0.15) is 6.10 Å². The number of aliphatic hydroxyl groups excluding tert-OH is 1. The minimum atomic E-state index is -1.15. The third-order valence-electron chi connectivity index (χ3n) is 2.18. The molecule has 0 radical (unpaired) electrons. The molecule has 82 valence electrons. The molecule has 0 bridgehead atoms. The summed E-state index contributed by atoms with van der Waals surface area (Å²) in [5.41, 5.74) is 7.91. The monoisotopic (exact) mass is 208 g/mol. The third-order valence-corrected chi connectivity index (χ3v) is 2.18. The molecule has 0 heterocycles. The Morgan fingerprint density at radius 1 is 1.53 bits per heavy atom. The van der Waals surface area contributed by atoms with Crippen LogP contribution in [0.2, 0.25) is 0 Å². The minimum Gasteiger partial charge on any atom is -0.382 e. The summed E-state index contributed by atoms with van der Waals surface area (Å²) >= 11 is 0. The molecule has 0 saturated heterocycles. The largest absolute Gasteiger partial charge is 0.382 e. The molecule has 0 aliphatic heterocycles. The van der Waals surface area contributed by atoms with Crippen LogP contribution in [0.15, 0.2) is 18.2 Å². The molecule has 1 unspecified atom stereocenters. The van der Waals surface area contributed by atoms with Gasteiger partial charge in [-0.15, -0.1) is 0 Å². The van der Waals surface area contributed by atoms with Gasteiger partial charge in [0.15, 0.2) is 0 Å². The highest BCUT2D eigenvalue weighted by molar-refractivity contribution is 5.94. The molecule has 1 atom stereocenters. The molecule has 0 aliphatic carbocycles. The van der Waals surface area contributed by atoms with Gasteiger partial charge in [0, 0.05) is 12.2 Å². The number of hydrogen-bond donors (Lipinski definition) is 3. The molecule has 0 aliphatic rings. The number of nitrogens with two attached hydrogens (primary N) is 1. The normalized spacial score (nSPS) is 12.3. The molecule has 1 aromatic rings. The fraction of sp³-hybridized carbons (Fsp3) is 0.364. The Hall–Kier alpha value is -1.39. The van der Waals surface area contributed by atoms with Crippen molar-refractivity contribution in [2.75, 3.05) is 11.9 Å². The number of hydrogen-bond acceptors (Lipinski definition) is 3. The average Bonchev–Trinajstić information content (AvgIpc) is 2.22. The lowest BCUT2D eigenvalue weighted by molar-refractivity contribution is -0.123. The van der Waals surface area contributed by atoms with E-state index in [0.717, 1.165) is 11.1 Å². The van der Waals surface area contributed by atoms with E-state index in [1.54, 1.807) is 0 Å². The summed E-state index contributed by atoms with van der Waals surface area (Å²) in [6.45, 7) is 3.76. The fourth-order valence-electron chi connectivity index (χ4n) is 1.19. The van der Waals surface area contributed by atoms with Gasteiger partial charge in [-0.25, -0.2) is 0 Å². The van der Waals surface area contributed by atoms with Crippen LogP contribution >= 0.6 is 0 Å². The van der Waals surface area contributed by atoms with Gasteiger partial charge in [0.05, 0.1) is 0 Å². The van der Waals surface area contributed by atoms with Crippen molar-refractivity contribution in [3.63, 3.8) is 0 Å². The van der Waals surface area contributed by atoms with E-state index in [2.05, 4.69) is 5.32 Å². The van der Waals surface area contributed by atoms with Crippen molar-refractivity contribution in [3.8, 4) is 0 Å². The SMILES string of the molecule is Cc1ccc(C)c(NC(=O)C(O)CN)c1. The standard InChI is InChI=1S/C11H16N2O2/c1-7-3-4-8(2)9(5-7)13-11(15)10(14)6-12/h3-5,10,14H,6,12H2,1-2H3,(H,13,15). The smallest absolute Gasteiger partial charge is 0.254 e. The number of carbonyl (C=O) groups excluding carboxylic acids is 1. The van der Waals surface area contributed by atoms with Crippen LogP contribution in [0.4, 0.5) is 5.69 Å². The predicted molar refractivity (Wildman–Crippen MR) is 59.6 cm³/mol. The Labute approximate surface area is 89.1 Å². The summed E-state index contributed by atoms with van der Waals surface area (Å²) in [6, 6.07) is 5.74. The lowest BCUT2D eigenvalue weighted by Crippen LogP contribution is -2.34. The average molecular weight is 208 g/mol. The first-order chi connectivity index (χ1) is 7.04. The number of aliphatic hydroxyl groups is 1. The van der Waals surface area contributed by atoms with E-state index in [4.69, 9.17) is 5.73 Å². The second-order valence-corrected chi connectivity index (χ2v) is 3.56. The highest BCUT2D eigenvalue weighted by atomic mass is 16.3. The zero-order valence-corrected chi connectivity index (χ0v) is 8.95. The van der Waals surface area contributed by atoms with Gasteiger partial charge in [-0.05, 0) is 31.0 Å². The maximum absolute atomic E-state index is 11.4. The molecule has 0 saturated carbocycles. The molecular formula is C11H16N2O2. The third kappa shape index (κ3) is 3.04. The van der Waals surface area contributed by atoms with E-state index in [9.17, 15) is 9.90 Å². The van der Waals surface area contributed by atoms with E-state index < -0.39 is 12.0 Å². The maximum Gasteiger partial charge on any atom is 0.254 e. The van der Waals surface area contributed by atoms with Gasteiger partial charge in [-0.2, -0.15) is 0 Å². The van der Waals surface area contributed by atoms with Crippen molar-refractivity contribution in [1.29, 1.82) is 0 Å². The summed E-state index contributed by atoms with van der Waals surface area (Å²) < 4.78 is 0. The topological polar surface area (TPSA) is 75.3 Å². The van der Waals surface area contributed by atoms with Crippen molar-refractivity contribution in [2.24, 2.45) is 5.73 Å². The maximum atomic E-state index is 11.4. The van der Waals surface area contributed by atoms with Gasteiger partial charge in [-0.3, -0.25) is 4.79 Å². The zero-order chi connectivity index (χ0) is 11.4. The molecule has 0 spiro atoms. The first-order valence-electron chi connectivity index (χ1n) is 4.81. The Balaban J connectivity index is 2.80. The molecule has 0 fully saturated rings. The molecule has 4 N–H and O–H groups in total. The molecule has 1 aromatic carbocycles. The first kappa shape index (κ1) is 11.7. The highest BCUT2D eigenvalue weighted by Gasteiger charge is 2.13. The Bertz CT molecular complexity index is 364. The van der Waals surface area contributed by atoms with Crippen LogP contribution in [0.3, 0.4) is 0 Å². The number of amides is 1. The molecule has 4 heteroatoms. The van der Waals surface area contributed by atoms with Crippen LogP contribution in [-0.4, -0.2) is 23.7 Å². The summed E-state index contributed by atoms with van der Waals surface area (Å²) in [5, 5.41) is 11.8. The van der Waals surface area contributed by atoms with E-state index in [1.165, 1.54) is 0 Å². The fourth-order valence-corrected chi connectivity index (χ4v) is 1.19. The summed E-state index contributed by atoms with van der Waals surface area (Å²) in [5.74, 6) is -0.466. The van der Waals surface area contributed by atoms with Crippen LogP contribution in [0.1, 0.15) is 11.1 Å². The minimum absolute atomic E-state index is 0.0727. The first-order valence-corrected chi connectivity index (χ1v) is 4.81. The van der Waals surface area contributed by atoms with Crippen molar-refractivity contribution in [3.05, 3.63) is 29.3 Å². The van der Waals surface area contributed by atoms with Crippen LogP contribution in [0, 0.1) is 13.8 Å². The predicted octanol–water partition coefficient (Wildman–Crippen LogP) is 0.562. The van der Waals surface area contributed by atoms with Gasteiger partial charge >= 0.3 is 0 Å². The quantitative estimate of drug-likeness (QED) is 0.679. The van der Waals surface area contributed by atoms with Crippen LogP contribution < -0.4 is 11.1 Å². The van der Waals surface area contributed by atoms with E-state index in [0.29, 0.717) is 5.69 Å². The summed E-state index contributed by atoms with van der Waals surface area (Å²) in [7, 11) is 0. The molecule has 1 rings (SSSR count). The van der Waals surface area contributed by atoms with Gasteiger partial charge < -0.3 is 16.2 Å². The number of aryl methyl sites for hydroxylation is 2. The van der Waals surface area contributed by atoms with Crippen LogP contribution in [0.25, 0.3) is 0 Å². The molecule has 15 heavy (non-hydrogen) atoms.